The first-order chi connectivity index (χ1) is 13.8. The van der Waals surface area contributed by atoms with Crippen molar-refractivity contribution in [2.24, 2.45) is 4.99 Å². The van der Waals surface area contributed by atoms with Crippen LogP contribution in [0.1, 0.15) is 18.2 Å². The Balaban J connectivity index is 0.00000420. The molecule has 0 saturated carbocycles. The van der Waals surface area contributed by atoms with E-state index >= 15 is 0 Å². The summed E-state index contributed by atoms with van der Waals surface area (Å²) in [5.41, 5.74) is 2.40. The average Bonchev–Trinajstić information content (AvgIpc) is 3.20. The molecule has 2 aromatic rings. The molecule has 0 bridgehead atoms. The van der Waals surface area contributed by atoms with Crippen LogP contribution in [0.3, 0.4) is 0 Å². The van der Waals surface area contributed by atoms with Crippen molar-refractivity contribution >= 4 is 41.3 Å². The summed E-state index contributed by atoms with van der Waals surface area (Å²) >= 11 is 1.73. The standard InChI is InChI=1S/C21H31N3O3S.HI/c1-4-22-21(23-10-5-11-27-13-12-25-2)24-15-20-14-18(16-28-20)17-6-8-19(26-3)9-7-17;/h6-9,14,16H,4-5,10-13,15H2,1-3H3,(H2,22,23,24);1H. The first-order valence-electron chi connectivity index (χ1n) is 9.57. The zero-order chi connectivity index (χ0) is 20.0. The summed E-state index contributed by atoms with van der Waals surface area (Å²) in [6.07, 6.45) is 0.925. The summed E-state index contributed by atoms with van der Waals surface area (Å²) in [4.78, 5) is 5.92. The van der Waals surface area contributed by atoms with E-state index in [0.29, 0.717) is 26.4 Å². The number of guanidine groups is 1. The van der Waals surface area contributed by atoms with Crippen molar-refractivity contribution in [2.75, 3.05) is 47.1 Å². The van der Waals surface area contributed by atoms with Crippen molar-refractivity contribution in [3.63, 3.8) is 0 Å². The second kappa shape index (κ2) is 15.5. The van der Waals surface area contributed by atoms with Crippen molar-refractivity contribution in [1.29, 1.82) is 0 Å². The van der Waals surface area contributed by atoms with Crippen molar-refractivity contribution in [1.82, 2.24) is 10.6 Å². The molecule has 0 aliphatic carbocycles. The molecule has 8 heteroatoms. The monoisotopic (exact) mass is 533 g/mol. The number of rotatable bonds is 12. The minimum Gasteiger partial charge on any atom is -0.497 e. The van der Waals surface area contributed by atoms with Gasteiger partial charge in [-0.15, -0.1) is 35.3 Å². The average molecular weight is 533 g/mol. The Morgan fingerprint density at radius 1 is 1.03 bits per heavy atom. The Labute approximate surface area is 195 Å². The molecule has 1 heterocycles. The lowest BCUT2D eigenvalue weighted by molar-refractivity contribution is 0.0698. The summed E-state index contributed by atoms with van der Waals surface area (Å²) in [6, 6.07) is 10.3. The van der Waals surface area contributed by atoms with Crippen LogP contribution in [0, 0.1) is 0 Å². The molecule has 2 N–H and O–H groups in total. The fourth-order valence-electron chi connectivity index (χ4n) is 2.52. The zero-order valence-electron chi connectivity index (χ0n) is 17.4. The Hall–Kier alpha value is -1.36. The van der Waals surface area contributed by atoms with E-state index in [2.05, 4.69) is 46.1 Å². The van der Waals surface area contributed by atoms with Gasteiger partial charge >= 0.3 is 0 Å². The molecule has 0 saturated heterocycles. The minimum atomic E-state index is 0. The molecule has 0 radical (unpaired) electrons. The highest BCUT2D eigenvalue weighted by Crippen LogP contribution is 2.27. The maximum atomic E-state index is 5.47. The third-order valence-electron chi connectivity index (χ3n) is 4.00. The number of halogens is 1. The normalized spacial score (nSPS) is 11.1. The molecule has 1 aromatic carbocycles. The number of thiophene rings is 1. The summed E-state index contributed by atoms with van der Waals surface area (Å²) in [5, 5.41) is 8.81. The van der Waals surface area contributed by atoms with Crippen LogP contribution in [0.25, 0.3) is 11.1 Å². The predicted octanol–water partition coefficient (Wildman–Crippen LogP) is 4.15. The predicted molar refractivity (Wildman–Crippen MR) is 132 cm³/mol. The van der Waals surface area contributed by atoms with Crippen molar-refractivity contribution < 1.29 is 14.2 Å². The van der Waals surface area contributed by atoms with Crippen molar-refractivity contribution in [3.8, 4) is 16.9 Å². The van der Waals surface area contributed by atoms with E-state index in [9.17, 15) is 0 Å². The zero-order valence-corrected chi connectivity index (χ0v) is 20.5. The van der Waals surface area contributed by atoms with Crippen molar-refractivity contribution in [2.45, 2.75) is 19.9 Å². The smallest absolute Gasteiger partial charge is 0.191 e. The van der Waals surface area contributed by atoms with Gasteiger partial charge in [-0.1, -0.05) is 12.1 Å². The second-order valence-corrected chi connectivity index (χ2v) is 7.11. The number of benzene rings is 1. The van der Waals surface area contributed by atoms with Gasteiger partial charge in [0.1, 0.15) is 5.75 Å². The summed E-state index contributed by atoms with van der Waals surface area (Å²) in [6.45, 7) is 6.36. The fraction of sp³-hybridized carbons (Fsp3) is 0.476. The van der Waals surface area contributed by atoms with Crippen molar-refractivity contribution in [3.05, 3.63) is 40.6 Å². The Morgan fingerprint density at radius 2 is 1.83 bits per heavy atom. The lowest BCUT2D eigenvalue weighted by atomic mass is 10.1. The van der Waals surface area contributed by atoms with Crippen LogP contribution in [0.4, 0.5) is 0 Å². The molecule has 0 aliphatic heterocycles. The number of methoxy groups -OCH3 is 2. The highest BCUT2D eigenvalue weighted by Gasteiger charge is 2.04. The van der Waals surface area contributed by atoms with Gasteiger partial charge in [-0.25, -0.2) is 4.99 Å². The number of aliphatic imine (C=N–C) groups is 1. The topological polar surface area (TPSA) is 64.1 Å². The molecule has 0 fully saturated rings. The molecular formula is C21H32IN3O3S. The number of hydrogen-bond donors (Lipinski definition) is 2. The van der Waals surface area contributed by atoms with Gasteiger partial charge in [-0.3, -0.25) is 0 Å². The molecule has 0 spiro atoms. The molecule has 1 aromatic heterocycles. The third kappa shape index (κ3) is 9.79. The van der Waals surface area contributed by atoms with Crippen LogP contribution in [0.5, 0.6) is 5.75 Å². The van der Waals surface area contributed by atoms with E-state index in [1.165, 1.54) is 16.0 Å². The molecule has 6 nitrogen and oxygen atoms in total. The van der Waals surface area contributed by atoms with E-state index in [1.807, 2.05) is 12.1 Å². The number of nitrogens with zero attached hydrogens (tertiary/aromatic N) is 1. The van der Waals surface area contributed by atoms with Gasteiger partial charge in [0.2, 0.25) is 0 Å². The molecule has 0 atom stereocenters. The highest BCUT2D eigenvalue weighted by atomic mass is 127. The number of ether oxygens (including phenoxy) is 3. The van der Waals surface area contributed by atoms with Gasteiger partial charge in [-0.2, -0.15) is 0 Å². The Kier molecular flexibility index (Phi) is 13.7. The lowest BCUT2D eigenvalue weighted by Crippen LogP contribution is -2.38. The Bertz CT molecular complexity index is 707. The van der Waals surface area contributed by atoms with Crippen LogP contribution in [0.15, 0.2) is 40.7 Å². The number of hydrogen-bond acceptors (Lipinski definition) is 5. The molecular weight excluding hydrogens is 501 g/mol. The summed E-state index contributed by atoms with van der Waals surface area (Å²) < 4.78 is 15.7. The van der Waals surface area contributed by atoms with Gasteiger partial charge in [0.15, 0.2) is 5.96 Å². The maximum absolute atomic E-state index is 5.47. The van der Waals surface area contributed by atoms with Gasteiger partial charge in [0, 0.05) is 31.7 Å². The van der Waals surface area contributed by atoms with E-state index < -0.39 is 0 Å². The van der Waals surface area contributed by atoms with Crippen LogP contribution >= 0.6 is 35.3 Å². The highest BCUT2D eigenvalue weighted by molar-refractivity contribution is 14.0. The molecule has 0 amide bonds. The maximum Gasteiger partial charge on any atom is 0.191 e. The SMILES string of the molecule is CCNC(=NCc1cc(-c2ccc(OC)cc2)cs1)NCCCOCCOC.I. The van der Waals surface area contributed by atoms with Crippen LogP contribution in [-0.2, 0) is 16.0 Å². The quantitative estimate of drug-likeness (QED) is 0.186. The number of nitrogens with one attached hydrogen (secondary N) is 2. The molecule has 0 unspecified atom stereocenters. The van der Waals surface area contributed by atoms with E-state index in [1.54, 1.807) is 25.6 Å². The molecule has 162 valence electrons. The van der Waals surface area contributed by atoms with Gasteiger partial charge in [0.05, 0.1) is 26.9 Å². The molecule has 2 rings (SSSR count). The third-order valence-corrected chi connectivity index (χ3v) is 4.93. The molecule has 0 aliphatic rings. The lowest BCUT2D eigenvalue weighted by Gasteiger charge is -2.11. The first kappa shape index (κ1) is 25.7. The molecule has 29 heavy (non-hydrogen) atoms. The minimum absolute atomic E-state index is 0. The summed E-state index contributed by atoms with van der Waals surface area (Å²) in [7, 11) is 3.36. The van der Waals surface area contributed by atoms with Gasteiger partial charge in [0.25, 0.3) is 0 Å². The van der Waals surface area contributed by atoms with Crippen LogP contribution < -0.4 is 15.4 Å². The van der Waals surface area contributed by atoms with Crippen LogP contribution in [-0.4, -0.2) is 53.1 Å². The van der Waals surface area contributed by atoms with E-state index in [4.69, 9.17) is 14.2 Å². The largest absolute Gasteiger partial charge is 0.497 e. The van der Waals surface area contributed by atoms with Crippen LogP contribution in [0.2, 0.25) is 0 Å². The fourth-order valence-corrected chi connectivity index (χ4v) is 3.34. The first-order valence-corrected chi connectivity index (χ1v) is 10.5. The van der Waals surface area contributed by atoms with Gasteiger partial charge < -0.3 is 24.8 Å². The second-order valence-electron chi connectivity index (χ2n) is 6.11. The van der Waals surface area contributed by atoms with Gasteiger partial charge in [-0.05, 0) is 48.1 Å². The Morgan fingerprint density at radius 3 is 2.52 bits per heavy atom. The van der Waals surface area contributed by atoms with E-state index in [-0.39, 0.29) is 24.0 Å². The van der Waals surface area contributed by atoms with E-state index in [0.717, 1.165) is 31.2 Å². The summed E-state index contributed by atoms with van der Waals surface area (Å²) in [5.74, 6) is 1.70.